The largest absolute Gasteiger partial charge is 0.121 e. The fourth-order valence-corrected chi connectivity index (χ4v) is 1.29. The normalized spacial score (nSPS) is 19.1. The van der Waals surface area contributed by atoms with Crippen molar-refractivity contribution in [2.45, 2.75) is 47.0 Å². The predicted molar refractivity (Wildman–Crippen MR) is 60.8 cm³/mol. The lowest BCUT2D eigenvalue weighted by atomic mass is 9.98. The number of allylic oxidation sites excluding steroid dienone is 3. The zero-order valence-corrected chi connectivity index (χ0v) is 9.43. The van der Waals surface area contributed by atoms with E-state index in [0.29, 0.717) is 5.92 Å². The van der Waals surface area contributed by atoms with Crippen LogP contribution in [-0.2, 0) is 0 Å². The Morgan fingerprint density at radius 2 is 2.00 bits per heavy atom. The van der Waals surface area contributed by atoms with Gasteiger partial charge in [0.1, 0.15) is 0 Å². The van der Waals surface area contributed by atoms with Gasteiger partial charge in [0.25, 0.3) is 0 Å². The van der Waals surface area contributed by atoms with Crippen molar-refractivity contribution in [2.24, 2.45) is 5.92 Å². The molecule has 0 N–H and O–H groups in total. The molecule has 1 aliphatic carbocycles. The topological polar surface area (TPSA) is 0 Å². The van der Waals surface area contributed by atoms with Crippen molar-refractivity contribution in [3.63, 3.8) is 0 Å². The van der Waals surface area contributed by atoms with Gasteiger partial charge >= 0.3 is 0 Å². The minimum absolute atomic E-state index is 0.648. The second-order valence-corrected chi connectivity index (χ2v) is 3.00. The van der Waals surface area contributed by atoms with Crippen LogP contribution in [0.2, 0.25) is 0 Å². The van der Waals surface area contributed by atoms with Gasteiger partial charge in [-0.3, -0.25) is 0 Å². The first-order chi connectivity index (χ1) is 6.36. The van der Waals surface area contributed by atoms with E-state index in [1.54, 1.807) is 0 Å². The van der Waals surface area contributed by atoms with E-state index in [-0.39, 0.29) is 0 Å². The number of hydrogen-bond acceptors (Lipinski definition) is 0. The van der Waals surface area contributed by atoms with Crippen LogP contribution in [0.15, 0.2) is 29.5 Å². The van der Waals surface area contributed by atoms with Crippen LogP contribution < -0.4 is 0 Å². The van der Waals surface area contributed by atoms with Crippen molar-refractivity contribution >= 4 is 0 Å². The molecule has 0 aromatic heterocycles. The van der Waals surface area contributed by atoms with Crippen molar-refractivity contribution in [1.82, 2.24) is 0 Å². The Bertz CT molecular complexity index is 202. The van der Waals surface area contributed by atoms with Crippen LogP contribution in [0.3, 0.4) is 0 Å². The summed E-state index contributed by atoms with van der Waals surface area (Å²) in [5, 5.41) is 0. The van der Waals surface area contributed by atoms with Crippen LogP contribution in [0.5, 0.6) is 0 Å². The summed E-state index contributed by atoms with van der Waals surface area (Å²) in [6, 6.07) is 0. The Morgan fingerprint density at radius 3 is 2.38 bits per heavy atom. The Hall–Kier alpha value is -0.740. The lowest BCUT2D eigenvalue weighted by Crippen LogP contribution is -1.93. The third kappa shape index (κ3) is 4.75. The van der Waals surface area contributed by atoms with Crippen molar-refractivity contribution in [2.75, 3.05) is 0 Å². The molecule has 0 saturated heterocycles. The molecule has 74 valence electrons. The lowest BCUT2D eigenvalue weighted by Gasteiger charge is -2.07. The van der Waals surface area contributed by atoms with Gasteiger partial charge in [0, 0.05) is 5.92 Å². The summed E-state index contributed by atoms with van der Waals surface area (Å²) >= 11 is 0. The lowest BCUT2D eigenvalue weighted by molar-refractivity contribution is 0.687. The second-order valence-electron chi connectivity index (χ2n) is 3.00. The molecule has 0 amide bonds. The van der Waals surface area contributed by atoms with E-state index in [1.165, 1.54) is 18.4 Å². The van der Waals surface area contributed by atoms with Crippen LogP contribution in [0.4, 0.5) is 0 Å². The van der Waals surface area contributed by atoms with Crippen LogP contribution in [0, 0.1) is 5.92 Å². The summed E-state index contributed by atoms with van der Waals surface area (Å²) in [5.74, 6) is 0.648. The maximum atomic E-state index is 3.31. The average molecular weight is 178 g/mol. The third-order valence-corrected chi connectivity index (χ3v) is 2.03. The predicted octanol–water partition coefficient (Wildman–Crippen LogP) is 4.49. The van der Waals surface area contributed by atoms with Gasteiger partial charge in [0.2, 0.25) is 0 Å². The van der Waals surface area contributed by atoms with E-state index in [2.05, 4.69) is 37.8 Å². The van der Waals surface area contributed by atoms with Gasteiger partial charge in [-0.2, -0.15) is 0 Å². The second kappa shape index (κ2) is 7.89. The molecule has 0 aromatic rings. The van der Waals surface area contributed by atoms with Gasteiger partial charge in [-0.1, -0.05) is 46.3 Å². The molecule has 0 heterocycles. The average Bonchev–Trinajstić information content (AvgIpc) is 2.23. The van der Waals surface area contributed by atoms with Gasteiger partial charge in [0.05, 0.1) is 0 Å². The van der Waals surface area contributed by atoms with Crippen molar-refractivity contribution < 1.29 is 0 Å². The first-order valence-electron chi connectivity index (χ1n) is 5.50. The summed E-state index contributed by atoms with van der Waals surface area (Å²) in [4.78, 5) is 0. The van der Waals surface area contributed by atoms with E-state index >= 15 is 0 Å². The van der Waals surface area contributed by atoms with E-state index in [0.717, 1.165) is 6.42 Å². The van der Waals surface area contributed by atoms with Crippen LogP contribution >= 0.6 is 0 Å². The van der Waals surface area contributed by atoms with Crippen LogP contribution in [0.25, 0.3) is 0 Å². The molecule has 1 unspecified atom stereocenters. The highest BCUT2D eigenvalue weighted by Gasteiger charge is 2.01. The molecule has 0 aromatic carbocycles. The minimum atomic E-state index is 0.648. The Morgan fingerprint density at radius 1 is 1.31 bits per heavy atom. The van der Waals surface area contributed by atoms with E-state index in [9.17, 15) is 0 Å². The molecule has 1 aliphatic rings. The fourth-order valence-electron chi connectivity index (χ4n) is 1.29. The van der Waals surface area contributed by atoms with E-state index in [1.807, 2.05) is 13.8 Å². The zero-order chi connectivity index (χ0) is 10.1. The zero-order valence-electron chi connectivity index (χ0n) is 9.43. The third-order valence-electron chi connectivity index (χ3n) is 2.03. The Kier molecular flexibility index (Phi) is 7.44. The summed E-state index contributed by atoms with van der Waals surface area (Å²) in [5.41, 5.74) is 4.64. The molecule has 0 nitrogen and oxygen atoms in total. The molecule has 1 rings (SSSR count). The summed E-state index contributed by atoms with van der Waals surface area (Å²) in [6.45, 7) is 8.39. The quantitative estimate of drug-likeness (QED) is 0.558. The van der Waals surface area contributed by atoms with Crippen molar-refractivity contribution in [1.29, 1.82) is 0 Å². The molecule has 0 saturated carbocycles. The summed E-state index contributed by atoms with van der Waals surface area (Å²) in [7, 11) is 0. The van der Waals surface area contributed by atoms with E-state index in [4.69, 9.17) is 0 Å². The number of hydrogen-bond donors (Lipinski definition) is 0. The van der Waals surface area contributed by atoms with Gasteiger partial charge in [-0.15, -0.1) is 5.73 Å². The maximum absolute atomic E-state index is 3.31. The number of rotatable bonds is 3. The molecular weight excluding hydrogens is 156 g/mol. The summed E-state index contributed by atoms with van der Waals surface area (Å²) in [6.07, 6.45) is 10.3. The van der Waals surface area contributed by atoms with Crippen LogP contribution in [-0.4, -0.2) is 0 Å². The Balaban J connectivity index is 0.000000671. The first kappa shape index (κ1) is 12.3. The minimum Gasteiger partial charge on any atom is -0.121 e. The maximum Gasteiger partial charge on any atom is 0.00259 e. The van der Waals surface area contributed by atoms with Gasteiger partial charge in [-0.05, 0) is 24.5 Å². The molecule has 0 spiro atoms. The summed E-state index contributed by atoms with van der Waals surface area (Å²) < 4.78 is 0. The standard InChI is InChI=1S/C11H16.C2H6/c1-3-5-11-8-6-10(4-2)7-9-11;1-2/h6,8-9,11H,3-5H2,1-2H3;1-2H3. The molecule has 13 heavy (non-hydrogen) atoms. The van der Waals surface area contributed by atoms with Crippen molar-refractivity contribution in [3.8, 4) is 0 Å². The molecular formula is C13H22. The molecule has 0 fully saturated rings. The molecule has 1 atom stereocenters. The van der Waals surface area contributed by atoms with Gasteiger partial charge in [0.15, 0.2) is 0 Å². The first-order valence-corrected chi connectivity index (χ1v) is 5.50. The highest BCUT2D eigenvalue weighted by Crippen LogP contribution is 2.16. The van der Waals surface area contributed by atoms with Gasteiger partial charge < -0.3 is 0 Å². The van der Waals surface area contributed by atoms with E-state index < -0.39 is 0 Å². The highest BCUT2D eigenvalue weighted by molar-refractivity contribution is 5.24. The molecule has 0 heteroatoms. The molecule has 0 bridgehead atoms. The SMILES string of the molecule is CC.CCCC1C=C=C(CC)C=C1. The monoisotopic (exact) mass is 178 g/mol. The smallest absolute Gasteiger partial charge is 0.00259 e. The van der Waals surface area contributed by atoms with Crippen molar-refractivity contribution in [3.05, 3.63) is 29.5 Å². The molecule has 0 aliphatic heterocycles. The van der Waals surface area contributed by atoms with Gasteiger partial charge in [-0.25, -0.2) is 0 Å². The Labute approximate surface area is 83.0 Å². The highest BCUT2D eigenvalue weighted by atomic mass is 14.1. The molecule has 0 radical (unpaired) electrons. The fraction of sp³-hybridized carbons (Fsp3) is 0.615. The van der Waals surface area contributed by atoms with Crippen LogP contribution in [0.1, 0.15) is 47.0 Å².